The second kappa shape index (κ2) is 10.8. The topological polar surface area (TPSA) is 87.0 Å². The molecule has 0 bridgehead atoms. The van der Waals surface area contributed by atoms with Crippen molar-refractivity contribution in [1.82, 2.24) is 0 Å². The number of carboxylic acid groups (broad SMARTS) is 1. The Morgan fingerprint density at radius 3 is 2.47 bits per heavy atom. The molecule has 2 aromatic carbocycles. The third kappa shape index (κ3) is 6.20. The SMILES string of the molecule is C\C=C/C(=C\C=C(/C)CN=O)c1cc(C(=O)O)ccc1C#Cc1ccc(O)cc1Cl. The second-order valence-electron chi connectivity index (χ2n) is 6.40. The smallest absolute Gasteiger partial charge is 0.335 e. The number of halogens is 1. The Labute approximate surface area is 180 Å². The zero-order valence-corrected chi connectivity index (χ0v) is 17.3. The predicted octanol–water partition coefficient (Wildman–Crippen LogP) is 5.82. The number of benzene rings is 2. The Bertz CT molecular complexity index is 1120. The molecule has 2 N–H and O–H groups in total. The number of allylic oxidation sites excluding steroid dienone is 5. The molecule has 0 aliphatic carbocycles. The van der Waals surface area contributed by atoms with Gasteiger partial charge in [-0.05, 0) is 67.0 Å². The first-order valence-corrected chi connectivity index (χ1v) is 9.41. The van der Waals surface area contributed by atoms with E-state index in [1.54, 1.807) is 37.3 Å². The Morgan fingerprint density at radius 1 is 1.13 bits per heavy atom. The number of aromatic carboxylic acids is 1. The highest BCUT2D eigenvalue weighted by Gasteiger charge is 2.10. The van der Waals surface area contributed by atoms with Gasteiger partial charge in [0.2, 0.25) is 0 Å². The molecular weight excluding hydrogens is 402 g/mol. The number of carboxylic acids is 1. The van der Waals surface area contributed by atoms with Crippen molar-refractivity contribution in [3.8, 4) is 17.6 Å². The minimum absolute atomic E-state index is 0.0438. The molecule has 2 aromatic rings. The maximum absolute atomic E-state index is 11.5. The molecule has 0 saturated carbocycles. The molecule has 2 rings (SSSR count). The number of phenolic OH excluding ortho intramolecular Hbond substituents is 1. The number of hydrogen-bond acceptors (Lipinski definition) is 4. The van der Waals surface area contributed by atoms with Crippen molar-refractivity contribution in [1.29, 1.82) is 0 Å². The normalized spacial score (nSPS) is 11.8. The van der Waals surface area contributed by atoms with Gasteiger partial charge >= 0.3 is 5.97 Å². The van der Waals surface area contributed by atoms with E-state index < -0.39 is 5.97 Å². The van der Waals surface area contributed by atoms with Gasteiger partial charge in [-0.15, -0.1) is 0 Å². The van der Waals surface area contributed by atoms with Crippen LogP contribution in [0.5, 0.6) is 5.75 Å². The van der Waals surface area contributed by atoms with Crippen molar-refractivity contribution in [2.24, 2.45) is 5.18 Å². The number of aromatic hydroxyl groups is 1. The summed E-state index contributed by atoms with van der Waals surface area (Å²) in [6.07, 6.45) is 7.21. The van der Waals surface area contributed by atoms with Crippen LogP contribution in [-0.2, 0) is 0 Å². The van der Waals surface area contributed by atoms with E-state index in [1.807, 2.05) is 19.1 Å². The summed E-state index contributed by atoms with van der Waals surface area (Å²) in [5.74, 6) is 5.00. The van der Waals surface area contributed by atoms with Crippen LogP contribution in [0.15, 0.2) is 71.5 Å². The van der Waals surface area contributed by atoms with Crippen molar-refractivity contribution >= 4 is 23.1 Å². The lowest BCUT2D eigenvalue weighted by molar-refractivity contribution is 0.0697. The lowest BCUT2D eigenvalue weighted by atomic mass is 9.96. The molecule has 0 amide bonds. The summed E-state index contributed by atoms with van der Waals surface area (Å²) in [5, 5.41) is 22.1. The van der Waals surface area contributed by atoms with Crippen LogP contribution in [0.4, 0.5) is 0 Å². The van der Waals surface area contributed by atoms with Gasteiger partial charge in [-0.3, -0.25) is 0 Å². The molecule has 0 fully saturated rings. The van der Waals surface area contributed by atoms with Crippen LogP contribution in [0.25, 0.3) is 5.57 Å². The first kappa shape index (κ1) is 22.7. The zero-order chi connectivity index (χ0) is 22.1. The van der Waals surface area contributed by atoms with Gasteiger partial charge in [-0.25, -0.2) is 4.79 Å². The van der Waals surface area contributed by atoms with E-state index in [4.69, 9.17) is 11.6 Å². The highest BCUT2D eigenvalue weighted by molar-refractivity contribution is 6.31. The van der Waals surface area contributed by atoms with Gasteiger partial charge in [-0.1, -0.05) is 52.9 Å². The Balaban J connectivity index is 2.63. The monoisotopic (exact) mass is 421 g/mol. The number of rotatable bonds is 6. The van der Waals surface area contributed by atoms with Crippen LogP contribution < -0.4 is 0 Å². The summed E-state index contributed by atoms with van der Waals surface area (Å²) in [7, 11) is 0. The van der Waals surface area contributed by atoms with Gasteiger partial charge in [0.15, 0.2) is 0 Å². The first-order valence-electron chi connectivity index (χ1n) is 9.03. The van der Waals surface area contributed by atoms with Crippen LogP contribution >= 0.6 is 11.6 Å². The van der Waals surface area contributed by atoms with E-state index in [1.165, 1.54) is 18.2 Å². The van der Waals surface area contributed by atoms with Gasteiger partial charge in [0.25, 0.3) is 0 Å². The van der Waals surface area contributed by atoms with E-state index >= 15 is 0 Å². The second-order valence-corrected chi connectivity index (χ2v) is 6.81. The van der Waals surface area contributed by atoms with Crippen molar-refractivity contribution in [3.63, 3.8) is 0 Å². The number of phenols is 1. The predicted molar refractivity (Wildman–Crippen MR) is 120 cm³/mol. The Morgan fingerprint density at radius 2 is 1.83 bits per heavy atom. The number of nitrogens with zero attached hydrogens (tertiary/aromatic N) is 1. The molecule has 152 valence electrons. The standard InChI is InChI=1S/C24H20ClNO4/c1-3-4-17(6-5-16(2)15-26-30)22-13-20(24(28)29)10-8-18(22)7-9-19-11-12-21(27)14-23(19)25/h3-6,8,10-14,27H,15H2,1-2H3,(H,28,29)/b4-3-,16-5+,17-6+. The molecule has 0 heterocycles. The van der Waals surface area contributed by atoms with E-state index in [2.05, 4.69) is 17.0 Å². The zero-order valence-electron chi connectivity index (χ0n) is 16.5. The lowest BCUT2D eigenvalue weighted by Gasteiger charge is -2.08. The van der Waals surface area contributed by atoms with E-state index in [-0.39, 0.29) is 17.9 Å². The third-order valence-corrected chi connectivity index (χ3v) is 4.38. The molecule has 0 aliphatic heterocycles. The lowest BCUT2D eigenvalue weighted by Crippen LogP contribution is -1.99. The summed E-state index contributed by atoms with van der Waals surface area (Å²) in [6, 6.07) is 9.18. The summed E-state index contributed by atoms with van der Waals surface area (Å²) >= 11 is 6.12. The van der Waals surface area contributed by atoms with Crippen molar-refractivity contribution in [3.05, 3.63) is 98.5 Å². The molecule has 0 radical (unpaired) electrons. The highest BCUT2D eigenvalue weighted by atomic mass is 35.5. The Kier molecular flexibility index (Phi) is 8.16. The fourth-order valence-electron chi connectivity index (χ4n) is 2.57. The molecule has 6 heteroatoms. The number of hydrogen-bond donors (Lipinski definition) is 2. The molecule has 0 atom stereocenters. The maximum Gasteiger partial charge on any atom is 0.335 e. The molecule has 0 spiro atoms. The minimum Gasteiger partial charge on any atom is -0.508 e. The van der Waals surface area contributed by atoms with Gasteiger partial charge in [0, 0.05) is 11.1 Å². The van der Waals surface area contributed by atoms with E-state index in [0.29, 0.717) is 21.7 Å². The molecular formula is C24H20ClNO4. The first-order chi connectivity index (χ1) is 14.3. The largest absolute Gasteiger partial charge is 0.508 e. The fourth-order valence-corrected chi connectivity index (χ4v) is 2.79. The summed E-state index contributed by atoms with van der Waals surface area (Å²) in [5.41, 5.74) is 3.39. The van der Waals surface area contributed by atoms with Crippen molar-refractivity contribution in [2.45, 2.75) is 13.8 Å². The fraction of sp³-hybridized carbons (Fsp3) is 0.125. The van der Waals surface area contributed by atoms with E-state index in [0.717, 1.165) is 11.1 Å². The third-order valence-electron chi connectivity index (χ3n) is 4.07. The quantitative estimate of drug-likeness (QED) is 0.349. The van der Waals surface area contributed by atoms with Gasteiger partial charge < -0.3 is 10.2 Å². The average molecular weight is 422 g/mol. The molecule has 0 saturated heterocycles. The molecule has 0 aromatic heterocycles. The van der Waals surface area contributed by atoms with Crippen molar-refractivity contribution in [2.75, 3.05) is 6.54 Å². The van der Waals surface area contributed by atoms with Gasteiger partial charge in [0.05, 0.1) is 10.6 Å². The highest BCUT2D eigenvalue weighted by Crippen LogP contribution is 2.24. The minimum atomic E-state index is -1.05. The van der Waals surface area contributed by atoms with Gasteiger partial charge in [0.1, 0.15) is 12.3 Å². The number of carbonyl (C=O) groups is 1. The number of nitroso groups, excluding NO2 is 1. The van der Waals surface area contributed by atoms with Crippen molar-refractivity contribution < 1.29 is 15.0 Å². The van der Waals surface area contributed by atoms with Crippen LogP contribution in [0, 0.1) is 16.7 Å². The van der Waals surface area contributed by atoms with Gasteiger partial charge in [-0.2, -0.15) is 4.91 Å². The van der Waals surface area contributed by atoms with Crippen LogP contribution in [-0.4, -0.2) is 22.7 Å². The Hall–Kier alpha value is -3.62. The summed E-state index contributed by atoms with van der Waals surface area (Å²) in [6.45, 7) is 3.70. The molecule has 30 heavy (non-hydrogen) atoms. The molecule has 0 unspecified atom stereocenters. The summed E-state index contributed by atoms with van der Waals surface area (Å²) < 4.78 is 0. The van der Waals surface area contributed by atoms with Crippen LogP contribution in [0.1, 0.15) is 40.9 Å². The van der Waals surface area contributed by atoms with Crippen LogP contribution in [0.3, 0.4) is 0 Å². The van der Waals surface area contributed by atoms with Crippen LogP contribution in [0.2, 0.25) is 5.02 Å². The summed E-state index contributed by atoms with van der Waals surface area (Å²) in [4.78, 5) is 21.9. The molecule has 0 aliphatic rings. The van der Waals surface area contributed by atoms with E-state index in [9.17, 15) is 19.9 Å². The average Bonchev–Trinajstić information content (AvgIpc) is 2.70. The molecule has 5 nitrogen and oxygen atoms in total. The maximum atomic E-state index is 11.5.